The summed E-state index contributed by atoms with van der Waals surface area (Å²) in [5.41, 5.74) is 4.33. The summed E-state index contributed by atoms with van der Waals surface area (Å²) >= 11 is 0. The van der Waals surface area contributed by atoms with Crippen LogP contribution in [0.15, 0.2) is 48.5 Å². The van der Waals surface area contributed by atoms with Crippen LogP contribution in [-0.2, 0) is 11.8 Å². The van der Waals surface area contributed by atoms with Gasteiger partial charge in [-0.2, -0.15) is 0 Å². The molecule has 2 N–H and O–H groups in total. The number of carbonyl (C=O) groups is 1. The van der Waals surface area contributed by atoms with Gasteiger partial charge in [0.05, 0.1) is 25.1 Å². The predicted octanol–water partition coefficient (Wildman–Crippen LogP) is 2.09. The lowest BCUT2D eigenvalue weighted by Crippen LogP contribution is -2.39. The molecule has 8 nitrogen and oxygen atoms in total. The van der Waals surface area contributed by atoms with Crippen molar-refractivity contribution in [3.05, 3.63) is 65.5 Å². The molecule has 3 aromatic rings. The number of benzene rings is 2. The molecule has 1 aliphatic carbocycles. The number of fused-ring (bicyclic) bond motifs is 1. The van der Waals surface area contributed by atoms with Gasteiger partial charge in [-0.3, -0.25) is 4.79 Å². The highest BCUT2D eigenvalue weighted by atomic mass is 16.5. The molecule has 0 unspecified atom stereocenters. The van der Waals surface area contributed by atoms with E-state index in [2.05, 4.69) is 27.8 Å². The number of ether oxygens (including phenoxy) is 1. The first-order valence-electron chi connectivity index (χ1n) is 11.0. The van der Waals surface area contributed by atoms with Crippen LogP contribution in [0.1, 0.15) is 34.6 Å². The Bertz CT molecular complexity index is 1100. The highest BCUT2D eigenvalue weighted by Crippen LogP contribution is 2.48. The van der Waals surface area contributed by atoms with E-state index in [0.717, 1.165) is 42.2 Å². The number of methoxy groups -OCH3 is 1. The maximum Gasteiger partial charge on any atom is 0.278 e. The number of hydrogen-bond acceptors (Lipinski definition) is 6. The summed E-state index contributed by atoms with van der Waals surface area (Å²) in [6, 6.07) is 15.8. The van der Waals surface area contributed by atoms with Crippen molar-refractivity contribution in [3.8, 4) is 11.4 Å². The minimum atomic E-state index is -0.0921. The van der Waals surface area contributed by atoms with Gasteiger partial charge in [-0.1, -0.05) is 17.3 Å². The Hall–Kier alpha value is -3.23. The fourth-order valence-electron chi connectivity index (χ4n) is 4.41. The third kappa shape index (κ3) is 3.65. The molecular formula is C24H27N5O3. The van der Waals surface area contributed by atoms with Crippen molar-refractivity contribution in [1.29, 1.82) is 0 Å². The first-order chi connectivity index (χ1) is 15.6. The Morgan fingerprint density at radius 3 is 2.47 bits per heavy atom. The quantitative estimate of drug-likeness (QED) is 0.529. The molecule has 0 saturated heterocycles. The van der Waals surface area contributed by atoms with Crippen molar-refractivity contribution in [1.82, 2.24) is 20.3 Å². The van der Waals surface area contributed by atoms with Crippen LogP contribution in [0.25, 0.3) is 5.69 Å². The van der Waals surface area contributed by atoms with Crippen LogP contribution >= 0.6 is 0 Å². The number of rotatable bonds is 8. The second kappa shape index (κ2) is 8.37. The maximum atomic E-state index is 13.4. The summed E-state index contributed by atoms with van der Waals surface area (Å²) in [6.45, 7) is 2.21. The van der Waals surface area contributed by atoms with Crippen LogP contribution in [-0.4, -0.2) is 59.4 Å². The van der Waals surface area contributed by atoms with Crippen molar-refractivity contribution in [2.24, 2.45) is 0 Å². The highest BCUT2D eigenvalue weighted by molar-refractivity contribution is 6.07. The van der Waals surface area contributed by atoms with Crippen molar-refractivity contribution < 1.29 is 14.6 Å². The summed E-state index contributed by atoms with van der Waals surface area (Å²) in [7, 11) is 1.62. The minimum absolute atomic E-state index is 0.0921. The topological polar surface area (TPSA) is 92.5 Å². The molecule has 1 fully saturated rings. The summed E-state index contributed by atoms with van der Waals surface area (Å²) in [6.07, 6.45) is 2.95. The lowest BCUT2D eigenvalue weighted by Gasteiger charge is -2.27. The molecule has 1 amide bonds. The number of nitrogens with zero attached hydrogens (tertiary/aromatic N) is 4. The highest BCUT2D eigenvalue weighted by Gasteiger charge is 2.43. The second-order valence-electron chi connectivity index (χ2n) is 8.43. The molecule has 5 rings (SSSR count). The molecule has 2 aliphatic rings. The normalized spacial score (nSPS) is 16.7. The van der Waals surface area contributed by atoms with Crippen molar-refractivity contribution in [3.63, 3.8) is 0 Å². The van der Waals surface area contributed by atoms with Gasteiger partial charge >= 0.3 is 0 Å². The number of aromatic nitrogens is 3. The van der Waals surface area contributed by atoms with Crippen LogP contribution in [0, 0.1) is 0 Å². The molecule has 0 spiro atoms. The van der Waals surface area contributed by atoms with E-state index in [4.69, 9.17) is 9.84 Å². The number of nitrogens with one attached hydrogen (secondary N) is 1. The Labute approximate surface area is 186 Å². The molecular weight excluding hydrogens is 406 g/mol. The number of amides is 1. The molecule has 0 bridgehead atoms. The molecule has 1 saturated carbocycles. The molecule has 2 aromatic carbocycles. The molecule has 1 aliphatic heterocycles. The van der Waals surface area contributed by atoms with Crippen LogP contribution < -0.4 is 15.0 Å². The largest absolute Gasteiger partial charge is 0.497 e. The number of aliphatic hydroxyl groups excluding tert-OH is 1. The van der Waals surface area contributed by atoms with E-state index in [0.29, 0.717) is 25.2 Å². The average molecular weight is 434 g/mol. The molecule has 166 valence electrons. The van der Waals surface area contributed by atoms with E-state index >= 15 is 0 Å². The molecule has 0 radical (unpaired) electrons. The fraction of sp³-hybridized carbons (Fsp3) is 0.375. The predicted molar refractivity (Wildman–Crippen MR) is 121 cm³/mol. The first kappa shape index (κ1) is 20.7. The molecule has 32 heavy (non-hydrogen) atoms. The molecule has 0 atom stereocenters. The van der Waals surface area contributed by atoms with Gasteiger partial charge in [-0.15, -0.1) is 5.10 Å². The van der Waals surface area contributed by atoms with E-state index in [1.807, 2.05) is 36.4 Å². The monoisotopic (exact) mass is 433 g/mol. The average Bonchev–Trinajstić information content (AvgIpc) is 3.49. The Balaban J connectivity index is 1.37. The van der Waals surface area contributed by atoms with E-state index in [-0.39, 0.29) is 17.9 Å². The molecule has 1 aromatic heterocycles. The van der Waals surface area contributed by atoms with Crippen LogP contribution in [0.2, 0.25) is 0 Å². The first-order valence-corrected chi connectivity index (χ1v) is 11.0. The Morgan fingerprint density at radius 1 is 1.09 bits per heavy atom. The standard InChI is InChI=1S/C24H27N5O3/c1-32-20-8-6-19(7-9-20)29-22-21(26-27-29)10-14-28(23(22)31)18-4-2-17(3-5-18)24(11-12-24)16-25-13-15-30/h2-9,25,30H,10-16H2,1H3. The van der Waals surface area contributed by atoms with Gasteiger partial charge in [0.25, 0.3) is 5.91 Å². The zero-order valence-electron chi connectivity index (χ0n) is 18.1. The van der Waals surface area contributed by atoms with Crippen LogP contribution in [0.3, 0.4) is 0 Å². The SMILES string of the molecule is COc1ccc(-n2nnc3c2C(=O)N(c2ccc(C4(CNCCO)CC4)cc2)CC3)cc1. The third-order valence-electron chi connectivity index (χ3n) is 6.47. The van der Waals surface area contributed by atoms with E-state index in [1.54, 1.807) is 16.7 Å². The molecule has 2 heterocycles. The van der Waals surface area contributed by atoms with Crippen molar-refractivity contribution >= 4 is 11.6 Å². The number of hydrogen-bond donors (Lipinski definition) is 2. The Morgan fingerprint density at radius 2 is 1.81 bits per heavy atom. The number of carbonyl (C=O) groups excluding carboxylic acids is 1. The lowest BCUT2D eigenvalue weighted by molar-refractivity contribution is 0.0973. The van der Waals surface area contributed by atoms with Crippen LogP contribution in [0.4, 0.5) is 5.69 Å². The van der Waals surface area contributed by atoms with Gasteiger partial charge in [-0.05, 0) is 54.8 Å². The summed E-state index contributed by atoms with van der Waals surface area (Å²) < 4.78 is 6.84. The minimum Gasteiger partial charge on any atom is -0.497 e. The van der Waals surface area contributed by atoms with E-state index in [9.17, 15) is 4.79 Å². The van der Waals surface area contributed by atoms with Gasteiger partial charge in [-0.25, -0.2) is 4.68 Å². The van der Waals surface area contributed by atoms with Crippen molar-refractivity contribution in [2.75, 3.05) is 38.3 Å². The Kier molecular flexibility index (Phi) is 5.40. The van der Waals surface area contributed by atoms with E-state index < -0.39 is 0 Å². The summed E-state index contributed by atoms with van der Waals surface area (Å²) in [4.78, 5) is 15.2. The molecule has 8 heteroatoms. The third-order valence-corrected chi connectivity index (χ3v) is 6.47. The van der Waals surface area contributed by atoms with Crippen molar-refractivity contribution in [2.45, 2.75) is 24.7 Å². The number of aliphatic hydroxyl groups is 1. The lowest BCUT2D eigenvalue weighted by atomic mass is 9.95. The van der Waals surface area contributed by atoms with E-state index in [1.165, 1.54) is 5.56 Å². The van der Waals surface area contributed by atoms with Crippen LogP contribution in [0.5, 0.6) is 5.75 Å². The fourth-order valence-corrected chi connectivity index (χ4v) is 4.41. The zero-order chi connectivity index (χ0) is 22.1. The maximum absolute atomic E-state index is 13.4. The number of anilines is 1. The van der Waals surface area contributed by atoms with Gasteiger partial charge in [0, 0.05) is 37.2 Å². The van der Waals surface area contributed by atoms with Gasteiger partial charge in [0.1, 0.15) is 5.75 Å². The smallest absolute Gasteiger partial charge is 0.278 e. The summed E-state index contributed by atoms with van der Waals surface area (Å²) in [5, 5.41) is 20.8. The van der Waals surface area contributed by atoms with Gasteiger partial charge < -0.3 is 20.1 Å². The zero-order valence-corrected chi connectivity index (χ0v) is 18.1. The summed E-state index contributed by atoms with van der Waals surface area (Å²) in [5.74, 6) is 0.654. The van der Waals surface area contributed by atoms with Gasteiger partial charge in [0.2, 0.25) is 0 Å². The second-order valence-corrected chi connectivity index (χ2v) is 8.43. The van der Waals surface area contributed by atoms with Gasteiger partial charge in [0.15, 0.2) is 5.69 Å².